The van der Waals surface area contributed by atoms with Crippen LogP contribution in [-0.4, -0.2) is 11.2 Å². The van der Waals surface area contributed by atoms with Gasteiger partial charge >= 0.3 is 0 Å². The standard InChI is InChI=1S/C31H52O/c1-20(10-11-21(2)28(4,5)6)23-14-18-31(9)26-13-12-24-22(3)27(32)16-17-29(24,7)25(26)15-19-30(23,31)8/h20,22-24,27,32H,2,10-19H2,1,3-9H3/t20-,22+,23-,24+,27+,29+,30-,31+/m1/s1. The Labute approximate surface area is 199 Å². The molecule has 0 spiro atoms. The summed E-state index contributed by atoms with van der Waals surface area (Å²) in [5.74, 6) is 2.75. The minimum absolute atomic E-state index is 0.0840. The fourth-order valence-corrected chi connectivity index (χ4v) is 9.23. The van der Waals surface area contributed by atoms with Crippen LogP contribution in [0.25, 0.3) is 0 Å². The summed E-state index contributed by atoms with van der Waals surface area (Å²) in [5.41, 5.74) is 6.54. The van der Waals surface area contributed by atoms with Gasteiger partial charge < -0.3 is 5.11 Å². The average Bonchev–Trinajstić information content (AvgIpc) is 3.00. The van der Waals surface area contributed by atoms with E-state index in [0.717, 1.165) is 18.3 Å². The van der Waals surface area contributed by atoms with Gasteiger partial charge in [-0.05, 0) is 110 Å². The van der Waals surface area contributed by atoms with Crippen LogP contribution in [0.5, 0.6) is 0 Å². The lowest BCUT2D eigenvalue weighted by atomic mass is 9.45. The molecular formula is C31H52O. The summed E-state index contributed by atoms with van der Waals surface area (Å²) in [7, 11) is 0. The Bertz CT molecular complexity index is 783. The van der Waals surface area contributed by atoms with Crippen molar-refractivity contribution in [3.05, 3.63) is 23.3 Å². The fourth-order valence-electron chi connectivity index (χ4n) is 9.23. The minimum Gasteiger partial charge on any atom is -0.393 e. The summed E-state index contributed by atoms with van der Waals surface area (Å²) < 4.78 is 0. The second-order valence-electron chi connectivity index (χ2n) is 14.2. The van der Waals surface area contributed by atoms with Crippen molar-refractivity contribution in [1.82, 2.24) is 0 Å². The van der Waals surface area contributed by atoms with E-state index in [1.165, 1.54) is 63.4 Å². The predicted octanol–water partition coefficient (Wildman–Crippen LogP) is 8.73. The molecule has 0 radical (unpaired) electrons. The molecular weight excluding hydrogens is 388 g/mol. The number of aliphatic hydroxyl groups excluding tert-OH is 1. The normalized spacial score (nSPS) is 45.2. The molecule has 0 aliphatic heterocycles. The molecule has 32 heavy (non-hydrogen) atoms. The van der Waals surface area contributed by atoms with Gasteiger partial charge in [0.05, 0.1) is 6.10 Å². The highest BCUT2D eigenvalue weighted by Gasteiger charge is 2.62. The van der Waals surface area contributed by atoms with E-state index in [1.54, 1.807) is 0 Å². The Hall–Kier alpha value is -0.560. The lowest BCUT2D eigenvalue weighted by molar-refractivity contribution is -0.0413. The maximum Gasteiger partial charge on any atom is 0.0569 e. The number of rotatable bonds is 4. The topological polar surface area (TPSA) is 20.2 Å². The molecule has 0 aromatic rings. The zero-order valence-electron chi connectivity index (χ0n) is 22.6. The molecule has 0 saturated heterocycles. The molecule has 2 saturated carbocycles. The Morgan fingerprint density at radius 3 is 2.38 bits per heavy atom. The largest absolute Gasteiger partial charge is 0.393 e. The van der Waals surface area contributed by atoms with Crippen molar-refractivity contribution in [3.8, 4) is 0 Å². The van der Waals surface area contributed by atoms with Crippen LogP contribution in [0.1, 0.15) is 120 Å². The molecule has 8 atom stereocenters. The molecule has 0 bridgehead atoms. The Morgan fingerprint density at radius 2 is 1.72 bits per heavy atom. The van der Waals surface area contributed by atoms with E-state index in [2.05, 4.69) is 62.0 Å². The van der Waals surface area contributed by atoms with Crippen LogP contribution in [0.2, 0.25) is 0 Å². The number of hydrogen-bond acceptors (Lipinski definition) is 1. The molecule has 4 aliphatic carbocycles. The molecule has 0 unspecified atom stereocenters. The van der Waals surface area contributed by atoms with Gasteiger partial charge in [-0.3, -0.25) is 0 Å². The molecule has 182 valence electrons. The van der Waals surface area contributed by atoms with E-state index in [0.29, 0.717) is 28.1 Å². The van der Waals surface area contributed by atoms with Crippen LogP contribution in [0.15, 0.2) is 23.3 Å². The Balaban J connectivity index is 1.59. The summed E-state index contributed by atoms with van der Waals surface area (Å²) in [6, 6.07) is 0. The molecule has 1 N–H and O–H groups in total. The van der Waals surface area contributed by atoms with Crippen molar-refractivity contribution >= 4 is 0 Å². The third kappa shape index (κ3) is 3.50. The lowest BCUT2D eigenvalue weighted by Gasteiger charge is -2.60. The van der Waals surface area contributed by atoms with Crippen molar-refractivity contribution in [2.45, 2.75) is 126 Å². The average molecular weight is 441 g/mol. The van der Waals surface area contributed by atoms with E-state index in [4.69, 9.17) is 0 Å². The van der Waals surface area contributed by atoms with Crippen molar-refractivity contribution in [3.63, 3.8) is 0 Å². The van der Waals surface area contributed by atoms with Gasteiger partial charge in [0.25, 0.3) is 0 Å². The molecule has 0 heterocycles. The molecule has 0 amide bonds. The summed E-state index contributed by atoms with van der Waals surface area (Å²) >= 11 is 0. The summed E-state index contributed by atoms with van der Waals surface area (Å²) in [6.45, 7) is 24.1. The maximum atomic E-state index is 10.6. The summed E-state index contributed by atoms with van der Waals surface area (Å²) in [4.78, 5) is 0. The molecule has 4 aliphatic rings. The third-order valence-corrected chi connectivity index (χ3v) is 12.0. The third-order valence-electron chi connectivity index (χ3n) is 12.0. The molecule has 0 aromatic heterocycles. The van der Waals surface area contributed by atoms with Gasteiger partial charge in [-0.2, -0.15) is 0 Å². The maximum absolute atomic E-state index is 10.6. The van der Waals surface area contributed by atoms with Crippen LogP contribution in [0.3, 0.4) is 0 Å². The van der Waals surface area contributed by atoms with Gasteiger partial charge in [0, 0.05) is 0 Å². The van der Waals surface area contributed by atoms with Crippen molar-refractivity contribution in [1.29, 1.82) is 0 Å². The zero-order valence-corrected chi connectivity index (χ0v) is 22.6. The SMILES string of the molecule is C=C(CC[C@@H](C)[C@H]1CC[C@@]2(C)C3=C(CC[C@]12C)[C@@]1(C)CC[C@H](O)[C@@H](C)[C@@H]1CC3)C(C)(C)C. The van der Waals surface area contributed by atoms with Crippen molar-refractivity contribution in [2.24, 2.45) is 45.3 Å². The number of aliphatic hydroxyl groups is 1. The molecule has 1 nitrogen and oxygen atoms in total. The van der Waals surface area contributed by atoms with Crippen molar-refractivity contribution < 1.29 is 5.11 Å². The van der Waals surface area contributed by atoms with Crippen LogP contribution in [-0.2, 0) is 0 Å². The highest BCUT2D eigenvalue weighted by Crippen LogP contribution is 2.71. The molecule has 0 aromatic carbocycles. The quantitative estimate of drug-likeness (QED) is 0.433. The second-order valence-corrected chi connectivity index (χ2v) is 14.2. The smallest absolute Gasteiger partial charge is 0.0569 e. The zero-order chi connectivity index (χ0) is 23.7. The number of fused-ring (bicyclic) bond motifs is 4. The van der Waals surface area contributed by atoms with Gasteiger partial charge in [-0.15, -0.1) is 0 Å². The van der Waals surface area contributed by atoms with Crippen LogP contribution in [0.4, 0.5) is 0 Å². The molecule has 4 rings (SSSR count). The van der Waals surface area contributed by atoms with Crippen LogP contribution >= 0.6 is 0 Å². The Morgan fingerprint density at radius 1 is 1.03 bits per heavy atom. The van der Waals surface area contributed by atoms with Gasteiger partial charge in [0.15, 0.2) is 0 Å². The van der Waals surface area contributed by atoms with Crippen LogP contribution < -0.4 is 0 Å². The summed E-state index contributed by atoms with van der Waals surface area (Å²) in [6.07, 6.45) is 12.7. The fraction of sp³-hybridized carbons (Fsp3) is 0.871. The van der Waals surface area contributed by atoms with Gasteiger partial charge in [0.1, 0.15) is 0 Å². The van der Waals surface area contributed by atoms with E-state index >= 15 is 0 Å². The van der Waals surface area contributed by atoms with Gasteiger partial charge in [-0.1, -0.05) is 78.7 Å². The number of allylic oxidation sites excluding steroid dienone is 3. The molecule has 2 fully saturated rings. The highest BCUT2D eigenvalue weighted by molar-refractivity contribution is 5.38. The first-order chi connectivity index (χ1) is 14.8. The first-order valence-corrected chi connectivity index (χ1v) is 13.8. The first kappa shape index (κ1) is 24.6. The van der Waals surface area contributed by atoms with E-state index in [1.807, 2.05) is 11.1 Å². The predicted molar refractivity (Wildman–Crippen MR) is 137 cm³/mol. The summed E-state index contributed by atoms with van der Waals surface area (Å²) in [5, 5.41) is 10.6. The van der Waals surface area contributed by atoms with Gasteiger partial charge in [0.2, 0.25) is 0 Å². The highest BCUT2D eigenvalue weighted by atomic mass is 16.3. The lowest BCUT2D eigenvalue weighted by Crippen LogP contribution is -2.51. The second kappa shape index (κ2) is 8.00. The monoisotopic (exact) mass is 440 g/mol. The minimum atomic E-state index is -0.0840. The first-order valence-electron chi connectivity index (χ1n) is 13.8. The molecule has 1 heteroatoms. The van der Waals surface area contributed by atoms with Crippen LogP contribution in [0, 0.1) is 45.3 Å². The Kier molecular flexibility index (Phi) is 6.14. The van der Waals surface area contributed by atoms with Crippen molar-refractivity contribution in [2.75, 3.05) is 0 Å². The van der Waals surface area contributed by atoms with E-state index < -0.39 is 0 Å². The number of hydrogen-bond donors (Lipinski definition) is 1. The van der Waals surface area contributed by atoms with E-state index in [-0.39, 0.29) is 11.5 Å². The van der Waals surface area contributed by atoms with E-state index in [9.17, 15) is 5.11 Å². The van der Waals surface area contributed by atoms with Gasteiger partial charge in [-0.25, -0.2) is 0 Å².